The van der Waals surface area contributed by atoms with E-state index in [4.69, 9.17) is 32.7 Å². The van der Waals surface area contributed by atoms with Crippen molar-refractivity contribution in [2.24, 2.45) is 0 Å². The lowest BCUT2D eigenvalue weighted by Crippen LogP contribution is -2.42. The predicted molar refractivity (Wildman–Crippen MR) is 105 cm³/mol. The lowest BCUT2D eigenvalue weighted by atomic mass is 10.1. The monoisotopic (exact) mass is 410 g/mol. The molecule has 0 aliphatic heterocycles. The zero-order valence-electron chi connectivity index (χ0n) is 15.0. The summed E-state index contributed by atoms with van der Waals surface area (Å²) in [6.07, 6.45) is 0.0567. The third-order valence-electron chi connectivity index (χ3n) is 3.46. The Morgan fingerprint density at radius 3 is 2.30 bits per heavy atom. The third-order valence-corrected chi connectivity index (χ3v) is 4.01. The number of hydrogen-bond acceptors (Lipinski definition) is 4. The Labute approximate surface area is 167 Å². The van der Waals surface area contributed by atoms with E-state index in [9.17, 15) is 9.59 Å². The average molecular weight is 411 g/mol. The second-order valence-corrected chi connectivity index (χ2v) is 6.29. The fraction of sp³-hybridized carbons (Fsp3) is 0.263. The van der Waals surface area contributed by atoms with Crippen molar-refractivity contribution < 1.29 is 19.1 Å². The van der Waals surface area contributed by atoms with Crippen LogP contribution in [-0.4, -0.2) is 25.0 Å². The molecular weight excluding hydrogens is 391 g/mol. The summed E-state index contributed by atoms with van der Waals surface area (Å²) in [5, 5.41) is 0.614. The summed E-state index contributed by atoms with van der Waals surface area (Å²) in [4.78, 5) is 24.2. The zero-order chi connectivity index (χ0) is 19.8. The van der Waals surface area contributed by atoms with Gasteiger partial charge in [0.2, 0.25) is 5.91 Å². The van der Waals surface area contributed by atoms with E-state index >= 15 is 0 Å². The number of hydrogen-bond donors (Lipinski definition) is 2. The first kappa shape index (κ1) is 20.9. The molecule has 0 bridgehead atoms. The van der Waals surface area contributed by atoms with Gasteiger partial charge in [-0.05, 0) is 49.7 Å². The zero-order valence-corrected chi connectivity index (χ0v) is 16.5. The average Bonchev–Trinajstić information content (AvgIpc) is 2.62. The van der Waals surface area contributed by atoms with Gasteiger partial charge < -0.3 is 9.47 Å². The molecule has 2 amide bonds. The maximum Gasteiger partial charge on any atom is 0.271 e. The standard InChI is InChI=1S/C19H20Cl2N2O4/c1-3-26-16-8-5-12(9-17(16)27-4-2)10-18(24)22-23-19(25)14-7-6-13(20)11-15(14)21/h5-9,11H,3-4,10H2,1-2H3,(H,22,24)(H,23,25). The van der Waals surface area contributed by atoms with E-state index in [1.807, 2.05) is 13.8 Å². The highest BCUT2D eigenvalue weighted by Crippen LogP contribution is 2.28. The molecule has 27 heavy (non-hydrogen) atoms. The van der Waals surface area contributed by atoms with Crippen molar-refractivity contribution in [1.29, 1.82) is 0 Å². The SMILES string of the molecule is CCOc1ccc(CC(=O)NNC(=O)c2ccc(Cl)cc2Cl)cc1OCC. The number of ether oxygens (including phenoxy) is 2. The van der Waals surface area contributed by atoms with E-state index < -0.39 is 5.91 Å². The molecule has 2 rings (SSSR count). The van der Waals surface area contributed by atoms with E-state index in [1.54, 1.807) is 24.3 Å². The molecule has 0 spiro atoms. The molecule has 2 aromatic rings. The van der Waals surface area contributed by atoms with Crippen molar-refractivity contribution in [3.63, 3.8) is 0 Å². The molecule has 2 N–H and O–H groups in total. The maximum atomic E-state index is 12.1. The number of benzene rings is 2. The lowest BCUT2D eigenvalue weighted by molar-refractivity contribution is -0.121. The Balaban J connectivity index is 1.97. The van der Waals surface area contributed by atoms with Crippen LogP contribution < -0.4 is 20.3 Å². The summed E-state index contributed by atoms with van der Waals surface area (Å²) in [6, 6.07) is 9.74. The maximum absolute atomic E-state index is 12.1. The minimum absolute atomic E-state index is 0.0567. The third kappa shape index (κ3) is 6.05. The van der Waals surface area contributed by atoms with Crippen LogP contribution in [0.2, 0.25) is 10.0 Å². The molecule has 0 saturated heterocycles. The van der Waals surface area contributed by atoms with E-state index in [0.29, 0.717) is 29.7 Å². The highest BCUT2D eigenvalue weighted by molar-refractivity contribution is 6.36. The first-order valence-corrected chi connectivity index (χ1v) is 9.13. The first-order chi connectivity index (χ1) is 12.9. The number of carbonyl (C=O) groups is 2. The highest BCUT2D eigenvalue weighted by Gasteiger charge is 2.13. The number of carbonyl (C=O) groups excluding carboxylic acids is 2. The topological polar surface area (TPSA) is 76.7 Å². The van der Waals surface area contributed by atoms with Crippen LogP contribution in [0.4, 0.5) is 0 Å². The fourth-order valence-electron chi connectivity index (χ4n) is 2.30. The second kappa shape index (κ2) is 10.0. The van der Waals surface area contributed by atoms with Crippen LogP contribution in [0.3, 0.4) is 0 Å². The molecule has 8 heteroatoms. The van der Waals surface area contributed by atoms with E-state index in [2.05, 4.69) is 10.9 Å². The first-order valence-electron chi connectivity index (χ1n) is 8.37. The quantitative estimate of drug-likeness (QED) is 0.680. The smallest absolute Gasteiger partial charge is 0.271 e. The summed E-state index contributed by atoms with van der Waals surface area (Å²) in [7, 11) is 0. The van der Waals surface area contributed by atoms with Crippen LogP contribution in [0.5, 0.6) is 11.5 Å². The lowest BCUT2D eigenvalue weighted by Gasteiger charge is -2.13. The van der Waals surface area contributed by atoms with Crippen molar-refractivity contribution in [2.45, 2.75) is 20.3 Å². The summed E-state index contributed by atoms with van der Waals surface area (Å²) in [5.74, 6) is 0.266. The second-order valence-electron chi connectivity index (χ2n) is 5.45. The number of hydrazine groups is 1. The molecule has 0 heterocycles. The Bertz CT molecular complexity index is 827. The van der Waals surface area contributed by atoms with Gasteiger partial charge in [0.15, 0.2) is 11.5 Å². The molecule has 0 fully saturated rings. The summed E-state index contributed by atoms with van der Waals surface area (Å²) >= 11 is 11.8. The largest absolute Gasteiger partial charge is 0.490 e. The predicted octanol–water partition coefficient (Wildman–Crippen LogP) is 3.79. The molecular formula is C19H20Cl2N2O4. The molecule has 0 atom stereocenters. The molecule has 0 unspecified atom stereocenters. The van der Waals surface area contributed by atoms with E-state index in [-0.39, 0.29) is 22.9 Å². The summed E-state index contributed by atoms with van der Waals surface area (Å²) < 4.78 is 11.0. The van der Waals surface area contributed by atoms with Crippen molar-refractivity contribution in [3.05, 3.63) is 57.6 Å². The minimum atomic E-state index is -0.535. The van der Waals surface area contributed by atoms with Gasteiger partial charge in [-0.3, -0.25) is 20.4 Å². The van der Waals surface area contributed by atoms with Gasteiger partial charge in [-0.15, -0.1) is 0 Å². The molecule has 6 nitrogen and oxygen atoms in total. The van der Waals surface area contributed by atoms with Crippen molar-refractivity contribution >= 4 is 35.0 Å². The molecule has 2 aromatic carbocycles. The molecule has 144 valence electrons. The van der Waals surface area contributed by atoms with Gasteiger partial charge in [-0.25, -0.2) is 0 Å². The van der Waals surface area contributed by atoms with Crippen LogP contribution in [0.1, 0.15) is 29.8 Å². The van der Waals surface area contributed by atoms with Gasteiger partial charge in [0, 0.05) is 5.02 Å². The van der Waals surface area contributed by atoms with Gasteiger partial charge >= 0.3 is 0 Å². The summed E-state index contributed by atoms with van der Waals surface area (Å²) in [6.45, 7) is 4.74. The van der Waals surface area contributed by atoms with Crippen molar-refractivity contribution in [3.8, 4) is 11.5 Å². The Hall–Kier alpha value is -2.44. The van der Waals surface area contributed by atoms with Crippen LogP contribution in [0.25, 0.3) is 0 Å². The van der Waals surface area contributed by atoms with E-state index in [0.717, 1.165) is 5.56 Å². The number of rotatable bonds is 7. The van der Waals surface area contributed by atoms with Gasteiger partial charge in [0.25, 0.3) is 5.91 Å². The van der Waals surface area contributed by atoms with Crippen LogP contribution in [-0.2, 0) is 11.2 Å². The molecule has 0 saturated carbocycles. The van der Waals surface area contributed by atoms with Crippen LogP contribution >= 0.6 is 23.2 Å². The summed E-state index contributed by atoms with van der Waals surface area (Å²) in [5.41, 5.74) is 5.62. The van der Waals surface area contributed by atoms with Crippen molar-refractivity contribution in [1.82, 2.24) is 10.9 Å². The van der Waals surface area contributed by atoms with E-state index in [1.165, 1.54) is 12.1 Å². The Morgan fingerprint density at radius 1 is 0.926 bits per heavy atom. The van der Waals surface area contributed by atoms with Gasteiger partial charge in [-0.2, -0.15) is 0 Å². The van der Waals surface area contributed by atoms with Gasteiger partial charge in [0.1, 0.15) is 0 Å². The fourth-order valence-corrected chi connectivity index (χ4v) is 2.80. The Morgan fingerprint density at radius 2 is 1.63 bits per heavy atom. The highest BCUT2D eigenvalue weighted by atomic mass is 35.5. The van der Waals surface area contributed by atoms with Crippen LogP contribution in [0.15, 0.2) is 36.4 Å². The van der Waals surface area contributed by atoms with Gasteiger partial charge in [-0.1, -0.05) is 29.3 Å². The molecule has 0 aliphatic carbocycles. The number of halogens is 2. The number of nitrogens with one attached hydrogen (secondary N) is 2. The minimum Gasteiger partial charge on any atom is -0.490 e. The van der Waals surface area contributed by atoms with Crippen LogP contribution in [0, 0.1) is 0 Å². The molecule has 0 radical (unpaired) electrons. The number of amides is 2. The van der Waals surface area contributed by atoms with Crippen molar-refractivity contribution in [2.75, 3.05) is 13.2 Å². The Kier molecular flexibility index (Phi) is 7.76. The van der Waals surface area contributed by atoms with Gasteiger partial charge in [0.05, 0.1) is 30.2 Å². The molecule has 0 aliphatic rings. The molecule has 0 aromatic heterocycles. The normalized spacial score (nSPS) is 10.2.